The van der Waals surface area contributed by atoms with Gasteiger partial charge in [0.05, 0.1) is 5.56 Å². The average Bonchev–Trinajstić information content (AvgIpc) is 2.41. The van der Waals surface area contributed by atoms with Gasteiger partial charge in [0.15, 0.2) is 0 Å². The molecule has 0 saturated heterocycles. The fourth-order valence-corrected chi connectivity index (χ4v) is 1.51. The van der Waals surface area contributed by atoms with E-state index in [-0.39, 0.29) is 5.75 Å². The number of hydrogen-bond acceptors (Lipinski definition) is 5. The Hall–Kier alpha value is -2.82. The van der Waals surface area contributed by atoms with Crippen LogP contribution in [0.2, 0.25) is 0 Å². The first-order valence-electron chi connectivity index (χ1n) is 5.84. The van der Waals surface area contributed by atoms with Crippen LogP contribution in [0, 0.1) is 0 Å². The van der Waals surface area contributed by atoms with Gasteiger partial charge < -0.3 is 14.6 Å². The van der Waals surface area contributed by atoms with Crippen molar-refractivity contribution in [1.82, 2.24) is 0 Å². The van der Waals surface area contributed by atoms with E-state index in [4.69, 9.17) is 14.6 Å². The van der Waals surface area contributed by atoms with E-state index in [2.05, 4.69) is 0 Å². The first-order chi connectivity index (χ1) is 9.54. The van der Waals surface area contributed by atoms with Gasteiger partial charge in [-0.2, -0.15) is 0 Å². The Labute approximate surface area is 115 Å². The minimum atomic E-state index is -0.537. The maximum Gasteiger partial charge on any atom is 0.343 e. The summed E-state index contributed by atoms with van der Waals surface area (Å²) in [6, 6.07) is 11.8. The predicted molar refractivity (Wildman–Crippen MR) is 70.8 cm³/mol. The topological polar surface area (TPSA) is 72.8 Å². The van der Waals surface area contributed by atoms with Crippen LogP contribution in [0.1, 0.15) is 17.3 Å². The van der Waals surface area contributed by atoms with Crippen molar-refractivity contribution in [1.29, 1.82) is 0 Å². The van der Waals surface area contributed by atoms with Crippen molar-refractivity contribution in [2.75, 3.05) is 0 Å². The van der Waals surface area contributed by atoms with E-state index in [1.807, 2.05) is 0 Å². The third kappa shape index (κ3) is 3.58. The van der Waals surface area contributed by atoms with Crippen molar-refractivity contribution >= 4 is 11.9 Å². The molecule has 0 spiro atoms. The van der Waals surface area contributed by atoms with Gasteiger partial charge in [0, 0.05) is 6.92 Å². The predicted octanol–water partition coefficient (Wildman–Crippen LogP) is 2.54. The summed E-state index contributed by atoms with van der Waals surface area (Å²) in [6.45, 7) is 1.30. The number of carbonyl (C=O) groups excluding carboxylic acids is 2. The number of phenols is 1. The minimum absolute atomic E-state index is 0.0762. The summed E-state index contributed by atoms with van der Waals surface area (Å²) in [6.07, 6.45) is 0. The minimum Gasteiger partial charge on any atom is -0.508 e. The Kier molecular flexibility index (Phi) is 4.00. The van der Waals surface area contributed by atoms with Gasteiger partial charge in [0.1, 0.15) is 17.2 Å². The number of hydrogen-bond donors (Lipinski definition) is 1. The molecule has 20 heavy (non-hydrogen) atoms. The summed E-state index contributed by atoms with van der Waals surface area (Å²) in [7, 11) is 0. The molecule has 0 fully saturated rings. The normalized spacial score (nSPS) is 9.85. The molecule has 0 aliphatic carbocycles. The zero-order valence-corrected chi connectivity index (χ0v) is 10.7. The van der Waals surface area contributed by atoms with Crippen molar-refractivity contribution in [2.24, 2.45) is 0 Å². The van der Waals surface area contributed by atoms with E-state index < -0.39 is 11.9 Å². The molecular formula is C15H12O5. The van der Waals surface area contributed by atoms with Gasteiger partial charge in [-0.05, 0) is 48.5 Å². The number of rotatable bonds is 3. The van der Waals surface area contributed by atoms with Gasteiger partial charge in [-0.3, -0.25) is 4.79 Å². The van der Waals surface area contributed by atoms with Crippen molar-refractivity contribution in [3.63, 3.8) is 0 Å². The lowest BCUT2D eigenvalue weighted by Crippen LogP contribution is -2.08. The lowest BCUT2D eigenvalue weighted by molar-refractivity contribution is -0.131. The molecule has 0 saturated carbocycles. The maximum atomic E-state index is 11.8. The van der Waals surface area contributed by atoms with E-state index >= 15 is 0 Å². The molecule has 0 aromatic heterocycles. The van der Waals surface area contributed by atoms with E-state index in [1.54, 1.807) is 0 Å². The molecule has 0 aliphatic rings. The molecule has 0 unspecified atom stereocenters. The molecule has 0 amide bonds. The molecule has 0 radical (unpaired) electrons. The third-order valence-corrected chi connectivity index (χ3v) is 2.40. The monoisotopic (exact) mass is 272 g/mol. The first kappa shape index (κ1) is 13.6. The van der Waals surface area contributed by atoms with Crippen molar-refractivity contribution in [3.05, 3.63) is 54.1 Å². The summed E-state index contributed by atoms with van der Waals surface area (Å²) < 4.78 is 10.0. The Bertz CT molecular complexity index is 614. The van der Waals surface area contributed by atoms with Gasteiger partial charge >= 0.3 is 11.9 Å². The highest BCUT2D eigenvalue weighted by Crippen LogP contribution is 2.19. The highest BCUT2D eigenvalue weighted by molar-refractivity contribution is 5.91. The first-order valence-corrected chi connectivity index (χ1v) is 5.84. The van der Waals surface area contributed by atoms with Gasteiger partial charge in [-0.25, -0.2) is 4.79 Å². The molecule has 0 atom stereocenters. The Morgan fingerprint density at radius 3 is 1.85 bits per heavy atom. The molecule has 0 bridgehead atoms. The Morgan fingerprint density at radius 2 is 1.35 bits per heavy atom. The quantitative estimate of drug-likeness (QED) is 0.686. The smallest absolute Gasteiger partial charge is 0.343 e. The lowest BCUT2D eigenvalue weighted by atomic mass is 10.2. The SMILES string of the molecule is CC(=O)Oc1ccc(OC(=O)c2ccc(O)cc2)cc1. The summed E-state index contributed by atoms with van der Waals surface area (Å²) in [4.78, 5) is 22.6. The van der Waals surface area contributed by atoms with Crippen molar-refractivity contribution in [3.8, 4) is 17.2 Å². The lowest BCUT2D eigenvalue weighted by Gasteiger charge is -2.05. The van der Waals surface area contributed by atoms with Crippen LogP contribution in [0.3, 0.4) is 0 Å². The fourth-order valence-electron chi connectivity index (χ4n) is 1.51. The second-order valence-electron chi connectivity index (χ2n) is 4.00. The molecule has 2 aromatic carbocycles. The average molecular weight is 272 g/mol. The van der Waals surface area contributed by atoms with Gasteiger partial charge in [-0.1, -0.05) is 0 Å². The summed E-state index contributed by atoms with van der Waals surface area (Å²) in [5.74, 6) is -0.169. The number of ether oxygens (including phenoxy) is 2. The fraction of sp³-hybridized carbons (Fsp3) is 0.0667. The largest absolute Gasteiger partial charge is 0.508 e. The summed E-state index contributed by atoms with van der Waals surface area (Å²) >= 11 is 0. The van der Waals surface area contributed by atoms with Crippen LogP contribution < -0.4 is 9.47 Å². The molecule has 2 rings (SSSR count). The molecule has 1 N–H and O–H groups in total. The van der Waals surface area contributed by atoms with Gasteiger partial charge in [0.25, 0.3) is 0 Å². The van der Waals surface area contributed by atoms with Crippen molar-refractivity contribution < 1.29 is 24.2 Å². The Morgan fingerprint density at radius 1 is 0.850 bits per heavy atom. The molecule has 2 aromatic rings. The molecular weight excluding hydrogens is 260 g/mol. The zero-order valence-electron chi connectivity index (χ0n) is 10.7. The molecule has 0 heterocycles. The van der Waals surface area contributed by atoms with Crippen LogP contribution in [0.25, 0.3) is 0 Å². The van der Waals surface area contributed by atoms with Crippen LogP contribution >= 0.6 is 0 Å². The van der Waals surface area contributed by atoms with Gasteiger partial charge in [0.2, 0.25) is 0 Å². The zero-order chi connectivity index (χ0) is 14.5. The van der Waals surface area contributed by atoms with Crippen LogP contribution in [0.4, 0.5) is 0 Å². The molecule has 102 valence electrons. The number of benzene rings is 2. The number of aromatic hydroxyl groups is 1. The van der Waals surface area contributed by atoms with E-state index in [9.17, 15) is 9.59 Å². The van der Waals surface area contributed by atoms with Crippen LogP contribution in [0.15, 0.2) is 48.5 Å². The molecule has 0 aliphatic heterocycles. The highest BCUT2D eigenvalue weighted by Gasteiger charge is 2.08. The number of carbonyl (C=O) groups is 2. The standard InChI is InChI=1S/C15H12O5/c1-10(16)19-13-6-8-14(9-7-13)20-15(18)11-2-4-12(17)5-3-11/h2-9,17H,1H3. The summed E-state index contributed by atoms with van der Waals surface area (Å²) in [5.41, 5.74) is 0.326. The van der Waals surface area contributed by atoms with E-state index in [0.717, 1.165) is 0 Å². The molecule has 5 nitrogen and oxygen atoms in total. The third-order valence-electron chi connectivity index (χ3n) is 2.40. The molecule has 5 heteroatoms. The van der Waals surface area contributed by atoms with Crippen molar-refractivity contribution in [2.45, 2.75) is 6.92 Å². The Balaban J connectivity index is 2.04. The highest BCUT2D eigenvalue weighted by atomic mass is 16.5. The summed E-state index contributed by atoms with van der Waals surface area (Å²) in [5, 5.41) is 9.14. The second-order valence-corrected chi connectivity index (χ2v) is 4.00. The van der Waals surface area contributed by atoms with Crippen LogP contribution in [0.5, 0.6) is 17.2 Å². The number of esters is 2. The van der Waals surface area contributed by atoms with Crippen LogP contribution in [-0.2, 0) is 4.79 Å². The van der Waals surface area contributed by atoms with Crippen LogP contribution in [-0.4, -0.2) is 17.0 Å². The van der Waals surface area contributed by atoms with Gasteiger partial charge in [-0.15, -0.1) is 0 Å². The number of phenolic OH excluding ortho intramolecular Hbond substituents is 1. The maximum absolute atomic E-state index is 11.8. The van der Waals surface area contributed by atoms with E-state index in [1.165, 1.54) is 55.5 Å². The second kappa shape index (κ2) is 5.88. The van der Waals surface area contributed by atoms with E-state index in [0.29, 0.717) is 17.1 Å².